The highest BCUT2D eigenvalue weighted by molar-refractivity contribution is 5.18. The molecule has 1 aromatic heterocycles. The number of benzene rings is 1. The first-order valence-corrected chi connectivity index (χ1v) is 6.31. The first-order chi connectivity index (χ1) is 8.78. The van der Waals surface area contributed by atoms with Crippen molar-refractivity contribution < 1.29 is 9.63 Å². The highest BCUT2D eigenvalue weighted by Crippen LogP contribution is 2.09. The molecule has 0 aliphatic rings. The Bertz CT molecular complexity index is 468. The first-order valence-electron chi connectivity index (χ1n) is 6.31. The van der Waals surface area contributed by atoms with Crippen LogP contribution in [0.3, 0.4) is 0 Å². The van der Waals surface area contributed by atoms with Gasteiger partial charge in [0, 0.05) is 6.42 Å². The van der Waals surface area contributed by atoms with Crippen LogP contribution in [0.1, 0.15) is 37.0 Å². The van der Waals surface area contributed by atoms with Gasteiger partial charge in [-0.15, -0.1) is 0 Å². The Morgan fingerprint density at radius 3 is 2.78 bits per heavy atom. The maximum absolute atomic E-state index is 9.67. The smallest absolute Gasteiger partial charge is 0.229 e. The fourth-order valence-corrected chi connectivity index (χ4v) is 1.86. The molecule has 2 aromatic rings. The molecule has 0 aliphatic carbocycles. The van der Waals surface area contributed by atoms with E-state index in [4.69, 9.17) is 4.52 Å². The van der Waals surface area contributed by atoms with Crippen molar-refractivity contribution in [1.82, 2.24) is 10.1 Å². The maximum atomic E-state index is 9.67. The summed E-state index contributed by atoms with van der Waals surface area (Å²) in [6.45, 7) is 2.04. The van der Waals surface area contributed by atoms with Gasteiger partial charge in [0.1, 0.15) is 0 Å². The molecule has 4 heteroatoms. The van der Waals surface area contributed by atoms with Crippen LogP contribution in [-0.4, -0.2) is 21.4 Å². The molecule has 0 radical (unpaired) electrons. The van der Waals surface area contributed by atoms with Crippen LogP contribution in [0.15, 0.2) is 34.9 Å². The van der Waals surface area contributed by atoms with Crippen molar-refractivity contribution in [1.29, 1.82) is 0 Å². The van der Waals surface area contributed by atoms with E-state index in [2.05, 4.69) is 10.1 Å². The summed E-state index contributed by atoms with van der Waals surface area (Å²) in [5, 5.41) is 13.6. The second-order valence-corrected chi connectivity index (χ2v) is 4.41. The summed E-state index contributed by atoms with van der Waals surface area (Å²) in [5.74, 6) is 1.18. The molecule has 0 fully saturated rings. The lowest BCUT2D eigenvalue weighted by Crippen LogP contribution is -2.09. The lowest BCUT2D eigenvalue weighted by molar-refractivity contribution is 0.151. The van der Waals surface area contributed by atoms with Gasteiger partial charge in [0.2, 0.25) is 5.89 Å². The number of hydrogen-bond donors (Lipinski definition) is 1. The van der Waals surface area contributed by atoms with E-state index in [0.717, 1.165) is 18.4 Å². The van der Waals surface area contributed by atoms with Crippen LogP contribution < -0.4 is 0 Å². The Morgan fingerprint density at radius 2 is 2.06 bits per heavy atom. The predicted octanol–water partition coefficient (Wildman–Crippen LogP) is 2.36. The Labute approximate surface area is 107 Å². The van der Waals surface area contributed by atoms with Crippen molar-refractivity contribution in [2.45, 2.75) is 38.7 Å². The van der Waals surface area contributed by atoms with Crippen LogP contribution in [0, 0.1) is 0 Å². The van der Waals surface area contributed by atoms with Crippen LogP contribution in [0.25, 0.3) is 0 Å². The summed E-state index contributed by atoms with van der Waals surface area (Å²) in [7, 11) is 0. The highest BCUT2D eigenvalue weighted by atomic mass is 16.5. The van der Waals surface area contributed by atoms with Crippen molar-refractivity contribution in [3.8, 4) is 0 Å². The van der Waals surface area contributed by atoms with Gasteiger partial charge in [-0.3, -0.25) is 0 Å². The van der Waals surface area contributed by atoms with Crippen LogP contribution in [0.4, 0.5) is 0 Å². The Kier molecular flexibility index (Phi) is 4.47. The largest absolute Gasteiger partial charge is 0.393 e. The fraction of sp³-hybridized carbons (Fsp3) is 0.429. The standard InChI is InChI=1S/C14H18N2O2/c1-2-6-12(17)10-14-15-13(16-18-14)9-11-7-4-3-5-8-11/h3-5,7-8,12,17H,2,6,9-10H2,1H3. The van der Waals surface area contributed by atoms with Gasteiger partial charge in [-0.1, -0.05) is 48.8 Å². The summed E-state index contributed by atoms with van der Waals surface area (Å²) in [6, 6.07) is 10.0. The molecule has 1 heterocycles. The molecule has 1 unspecified atom stereocenters. The minimum Gasteiger partial charge on any atom is -0.393 e. The van der Waals surface area contributed by atoms with E-state index >= 15 is 0 Å². The number of aliphatic hydroxyl groups excluding tert-OH is 1. The van der Waals surface area contributed by atoms with Crippen LogP contribution in [-0.2, 0) is 12.8 Å². The van der Waals surface area contributed by atoms with E-state index in [9.17, 15) is 5.11 Å². The zero-order chi connectivity index (χ0) is 12.8. The van der Waals surface area contributed by atoms with Crippen molar-refractivity contribution in [3.63, 3.8) is 0 Å². The van der Waals surface area contributed by atoms with Crippen molar-refractivity contribution >= 4 is 0 Å². The molecule has 2 rings (SSSR count). The molecule has 0 bridgehead atoms. The summed E-state index contributed by atoms with van der Waals surface area (Å²) < 4.78 is 5.13. The van der Waals surface area contributed by atoms with Gasteiger partial charge in [-0.05, 0) is 12.0 Å². The zero-order valence-corrected chi connectivity index (χ0v) is 10.5. The van der Waals surface area contributed by atoms with Gasteiger partial charge >= 0.3 is 0 Å². The quantitative estimate of drug-likeness (QED) is 0.850. The number of hydrogen-bond acceptors (Lipinski definition) is 4. The monoisotopic (exact) mass is 246 g/mol. The Hall–Kier alpha value is -1.68. The third-order valence-corrected chi connectivity index (χ3v) is 2.75. The molecular formula is C14H18N2O2. The van der Waals surface area contributed by atoms with Gasteiger partial charge < -0.3 is 9.63 Å². The second-order valence-electron chi connectivity index (χ2n) is 4.41. The third kappa shape index (κ3) is 3.67. The number of aromatic nitrogens is 2. The molecule has 0 spiro atoms. The lowest BCUT2D eigenvalue weighted by atomic mass is 10.1. The summed E-state index contributed by atoms with van der Waals surface area (Å²) in [4.78, 5) is 4.29. The molecule has 1 aromatic carbocycles. The summed E-state index contributed by atoms with van der Waals surface area (Å²) in [6.07, 6.45) is 2.42. The molecule has 0 saturated carbocycles. The molecule has 96 valence electrons. The minimum atomic E-state index is -0.389. The van der Waals surface area contributed by atoms with Crippen molar-refractivity contribution in [2.24, 2.45) is 0 Å². The van der Waals surface area contributed by atoms with E-state index in [1.165, 1.54) is 0 Å². The Morgan fingerprint density at radius 1 is 1.28 bits per heavy atom. The average Bonchev–Trinajstić information content (AvgIpc) is 2.78. The molecular weight excluding hydrogens is 228 g/mol. The zero-order valence-electron chi connectivity index (χ0n) is 10.5. The predicted molar refractivity (Wildman–Crippen MR) is 68.2 cm³/mol. The number of aliphatic hydroxyl groups is 1. The fourth-order valence-electron chi connectivity index (χ4n) is 1.86. The maximum Gasteiger partial charge on any atom is 0.229 e. The minimum absolute atomic E-state index is 0.389. The van der Waals surface area contributed by atoms with E-state index in [1.54, 1.807) is 0 Å². The second kappa shape index (κ2) is 6.31. The van der Waals surface area contributed by atoms with Crippen LogP contribution in [0.5, 0.6) is 0 Å². The van der Waals surface area contributed by atoms with Crippen molar-refractivity contribution in [2.75, 3.05) is 0 Å². The highest BCUT2D eigenvalue weighted by Gasteiger charge is 2.11. The molecule has 1 N–H and O–H groups in total. The van der Waals surface area contributed by atoms with Gasteiger partial charge in [0.25, 0.3) is 0 Å². The lowest BCUT2D eigenvalue weighted by Gasteiger charge is -2.03. The number of nitrogens with zero attached hydrogens (tertiary/aromatic N) is 2. The van der Waals surface area contributed by atoms with Gasteiger partial charge in [-0.25, -0.2) is 0 Å². The van der Waals surface area contributed by atoms with E-state index < -0.39 is 0 Å². The first kappa shape index (κ1) is 12.8. The van der Waals surface area contributed by atoms with Crippen molar-refractivity contribution in [3.05, 3.63) is 47.6 Å². The third-order valence-electron chi connectivity index (χ3n) is 2.75. The Balaban J connectivity index is 1.94. The van der Waals surface area contributed by atoms with E-state index in [1.807, 2.05) is 37.3 Å². The molecule has 4 nitrogen and oxygen atoms in total. The topological polar surface area (TPSA) is 59.2 Å². The summed E-state index contributed by atoms with van der Waals surface area (Å²) in [5.41, 5.74) is 1.15. The summed E-state index contributed by atoms with van der Waals surface area (Å²) >= 11 is 0. The van der Waals surface area contributed by atoms with Gasteiger partial charge in [0.05, 0.1) is 12.5 Å². The van der Waals surface area contributed by atoms with Gasteiger partial charge in [-0.2, -0.15) is 4.98 Å². The normalized spacial score (nSPS) is 12.6. The molecule has 0 saturated heterocycles. The van der Waals surface area contributed by atoms with E-state index in [-0.39, 0.29) is 6.10 Å². The molecule has 18 heavy (non-hydrogen) atoms. The van der Waals surface area contributed by atoms with Crippen LogP contribution >= 0.6 is 0 Å². The van der Waals surface area contributed by atoms with Crippen LogP contribution in [0.2, 0.25) is 0 Å². The molecule has 0 amide bonds. The van der Waals surface area contributed by atoms with Gasteiger partial charge in [0.15, 0.2) is 5.82 Å². The SMILES string of the molecule is CCCC(O)Cc1nc(Cc2ccccc2)no1. The average molecular weight is 246 g/mol. The molecule has 1 atom stereocenters. The molecule has 0 aliphatic heterocycles. The number of rotatable bonds is 6. The van der Waals surface area contributed by atoms with E-state index in [0.29, 0.717) is 24.6 Å².